The molecule has 1 heterocycles. The Hall–Kier alpha value is -2.31. The summed E-state index contributed by atoms with van der Waals surface area (Å²) in [7, 11) is 0. The van der Waals surface area contributed by atoms with Crippen LogP contribution in [0, 0.1) is 0 Å². The summed E-state index contributed by atoms with van der Waals surface area (Å²) in [6.45, 7) is 2.58. The smallest absolute Gasteiger partial charge is 0.326 e. The SMILES string of the molecule is CCCn1cccc1C(=O)NC(CC(=O)O)C(=O)O. The van der Waals surface area contributed by atoms with Gasteiger partial charge < -0.3 is 20.1 Å². The topological polar surface area (TPSA) is 109 Å². The minimum atomic E-state index is -1.44. The fraction of sp³-hybridized carbons (Fsp3) is 0.417. The fourth-order valence-corrected chi connectivity index (χ4v) is 1.66. The zero-order chi connectivity index (χ0) is 14.4. The summed E-state index contributed by atoms with van der Waals surface area (Å²) < 4.78 is 1.69. The molecule has 0 fully saturated rings. The van der Waals surface area contributed by atoms with E-state index in [9.17, 15) is 14.4 Å². The molecule has 0 aliphatic rings. The summed E-state index contributed by atoms with van der Waals surface area (Å²) >= 11 is 0. The molecule has 0 aromatic carbocycles. The second-order valence-electron chi connectivity index (χ2n) is 4.05. The van der Waals surface area contributed by atoms with E-state index in [-0.39, 0.29) is 0 Å². The van der Waals surface area contributed by atoms with Crippen LogP contribution in [0.3, 0.4) is 0 Å². The molecule has 0 bridgehead atoms. The van der Waals surface area contributed by atoms with Gasteiger partial charge >= 0.3 is 11.9 Å². The summed E-state index contributed by atoms with van der Waals surface area (Å²) in [6, 6.07) is 1.80. The van der Waals surface area contributed by atoms with Gasteiger partial charge in [0, 0.05) is 12.7 Å². The summed E-state index contributed by atoms with van der Waals surface area (Å²) in [6.07, 6.45) is 1.88. The number of amides is 1. The number of hydrogen-bond acceptors (Lipinski definition) is 3. The average molecular weight is 268 g/mol. The lowest BCUT2D eigenvalue weighted by Crippen LogP contribution is -2.42. The molecule has 3 N–H and O–H groups in total. The zero-order valence-electron chi connectivity index (χ0n) is 10.5. The van der Waals surface area contributed by atoms with E-state index in [0.717, 1.165) is 6.42 Å². The number of aryl methyl sites for hydroxylation is 1. The van der Waals surface area contributed by atoms with E-state index >= 15 is 0 Å². The molecule has 7 heteroatoms. The first kappa shape index (κ1) is 14.7. The van der Waals surface area contributed by atoms with Gasteiger partial charge in [-0.25, -0.2) is 4.79 Å². The van der Waals surface area contributed by atoms with E-state index in [4.69, 9.17) is 10.2 Å². The number of aromatic nitrogens is 1. The van der Waals surface area contributed by atoms with Crippen LogP contribution in [0.4, 0.5) is 0 Å². The van der Waals surface area contributed by atoms with Gasteiger partial charge in [-0.2, -0.15) is 0 Å². The van der Waals surface area contributed by atoms with E-state index in [1.807, 2.05) is 6.92 Å². The average Bonchev–Trinajstić information content (AvgIpc) is 2.76. The van der Waals surface area contributed by atoms with Gasteiger partial charge in [-0.05, 0) is 18.6 Å². The molecule has 0 aliphatic carbocycles. The summed E-state index contributed by atoms with van der Waals surface area (Å²) in [5, 5.41) is 19.7. The predicted octanol–water partition coefficient (Wildman–Crippen LogP) is 0.556. The van der Waals surface area contributed by atoms with Gasteiger partial charge in [0.25, 0.3) is 5.91 Å². The van der Waals surface area contributed by atoms with Crippen molar-refractivity contribution in [3.8, 4) is 0 Å². The molecule has 7 nitrogen and oxygen atoms in total. The standard InChI is InChI=1S/C12H16N2O5/c1-2-5-14-6-3-4-9(14)11(17)13-8(12(18)19)7-10(15)16/h3-4,6,8H,2,5,7H2,1H3,(H,13,17)(H,15,16)(H,18,19). The number of hydrogen-bond donors (Lipinski definition) is 3. The van der Waals surface area contributed by atoms with Crippen LogP contribution in [0.1, 0.15) is 30.3 Å². The second kappa shape index (κ2) is 6.58. The number of nitrogens with zero attached hydrogens (tertiary/aromatic N) is 1. The van der Waals surface area contributed by atoms with Crippen molar-refractivity contribution >= 4 is 17.8 Å². The first-order chi connectivity index (χ1) is 8.95. The quantitative estimate of drug-likeness (QED) is 0.669. The van der Waals surface area contributed by atoms with Crippen LogP contribution >= 0.6 is 0 Å². The molecule has 0 radical (unpaired) electrons. The van der Waals surface area contributed by atoms with Gasteiger partial charge in [0.15, 0.2) is 0 Å². The highest BCUT2D eigenvalue weighted by molar-refractivity contribution is 5.96. The molecule has 0 spiro atoms. The zero-order valence-corrected chi connectivity index (χ0v) is 10.5. The highest BCUT2D eigenvalue weighted by atomic mass is 16.4. The molecule has 0 saturated carbocycles. The molecule has 0 saturated heterocycles. The molecule has 1 atom stereocenters. The maximum absolute atomic E-state index is 11.9. The Balaban J connectivity index is 2.78. The lowest BCUT2D eigenvalue weighted by atomic mass is 10.2. The van der Waals surface area contributed by atoms with Crippen LogP contribution in [0.25, 0.3) is 0 Å². The molecule has 104 valence electrons. The summed E-state index contributed by atoms with van der Waals surface area (Å²) in [5.41, 5.74) is 0.318. The largest absolute Gasteiger partial charge is 0.481 e. The van der Waals surface area contributed by atoms with Gasteiger partial charge in [0.2, 0.25) is 0 Å². The number of carboxylic acid groups (broad SMARTS) is 2. The van der Waals surface area contributed by atoms with Crippen molar-refractivity contribution in [1.29, 1.82) is 0 Å². The normalized spacial score (nSPS) is 11.8. The van der Waals surface area contributed by atoms with Crippen molar-refractivity contribution in [2.45, 2.75) is 32.4 Å². The van der Waals surface area contributed by atoms with Crippen LogP contribution < -0.4 is 5.32 Å². The number of carbonyl (C=O) groups excluding carboxylic acids is 1. The van der Waals surface area contributed by atoms with Gasteiger partial charge in [0.1, 0.15) is 11.7 Å². The molecule has 1 unspecified atom stereocenters. The highest BCUT2D eigenvalue weighted by Gasteiger charge is 2.24. The number of carbonyl (C=O) groups is 3. The fourth-order valence-electron chi connectivity index (χ4n) is 1.66. The van der Waals surface area contributed by atoms with Crippen molar-refractivity contribution < 1.29 is 24.6 Å². The summed E-state index contributed by atoms with van der Waals surface area (Å²) in [4.78, 5) is 33.3. The van der Waals surface area contributed by atoms with E-state index in [1.54, 1.807) is 22.9 Å². The molecule has 1 amide bonds. The van der Waals surface area contributed by atoms with Crippen molar-refractivity contribution in [2.24, 2.45) is 0 Å². The van der Waals surface area contributed by atoms with Gasteiger partial charge in [-0.15, -0.1) is 0 Å². The van der Waals surface area contributed by atoms with Crippen LogP contribution in [-0.4, -0.2) is 38.7 Å². The Morgan fingerprint density at radius 1 is 1.37 bits per heavy atom. The minimum Gasteiger partial charge on any atom is -0.481 e. The van der Waals surface area contributed by atoms with Crippen LogP contribution in [-0.2, 0) is 16.1 Å². The van der Waals surface area contributed by atoms with Gasteiger partial charge in [-0.3, -0.25) is 9.59 Å². The molecular formula is C12H16N2O5. The first-order valence-corrected chi connectivity index (χ1v) is 5.86. The summed E-state index contributed by atoms with van der Waals surface area (Å²) in [5.74, 6) is -3.24. The third-order valence-corrected chi connectivity index (χ3v) is 2.51. The number of nitrogens with one attached hydrogen (secondary N) is 1. The maximum Gasteiger partial charge on any atom is 0.326 e. The molecule has 1 aromatic heterocycles. The lowest BCUT2D eigenvalue weighted by molar-refractivity contribution is -0.145. The van der Waals surface area contributed by atoms with E-state index < -0.39 is 30.3 Å². The Bertz CT molecular complexity index is 480. The number of aliphatic carboxylic acids is 2. The van der Waals surface area contributed by atoms with E-state index in [0.29, 0.717) is 12.2 Å². The van der Waals surface area contributed by atoms with Gasteiger partial charge in [-0.1, -0.05) is 6.92 Å². The van der Waals surface area contributed by atoms with E-state index in [1.165, 1.54) is 0 Å². The van der Waals surface area contributed by atoms with E-state index in [2.05, 4.69) is 5.32 Å². The van der Waals surface area contributed by atoms with Crippen LogP contribution in [0.15, 0.2) is 18.3 Å². The molecule has 1 aromatic rings. The lowest BCUT2D eigenvalue weighted by Gasteiger charge is -2.13. The second-order valence-corrected chi connectivity index (χ2v) is 4.05. The first-order valence-electron chi connectivity index (χ1n) is 5.86. The maximum atomic E-state index is 11.9. The van der Waals surface area contributed by atoms with Crippen molar-refractivity contribution in [3.05, 3.63) is 24.0 Å². The van der Waals surface area contributed by atoms with Gasteiger partial charge in [0.05, 0.1) is 6.42 Å². The third kappa shape index (κ3) is 4.13. The Morgan fingerprint density at radius 3 is 2.58 bits per heavy atom. The highest BCUT2D eigenvalue weighted by Crippen LogP contribution is 2.05. The predicted molar refractivity (Wildman–Crippen MR) is 65.9 cm³/mol. The Morgan fingerprint density at radius 2 is 2.05 bits per heavy atom. The number of carboxylic acids is 2. The van der Waals surface area contributed by atoms with Crippen molar-refractivity contribution in [3.63, 3.8) is 0 Å². The Kier molecular flexibility index (Phi) is 5.11. The monoisotopic (exact) mass is 268 g/mol. The van der Waals surface area contributed by atoms with Crippen LogP contribution in [0.2, 0.25) is 0 Å². The van der Waals surface area contributed by atoms with Crippen molar-refractivity contribution in [1.82, 2.24) is 9.88 Å². The van der Waals surface area contributed by atoms with Crippen molar-refractivity contribution in [2.75, 3.05) is 0 Å². The minimum absolute atomic E-state index is 0.318. The molecule has 0 aliphatic heterocycles. The molecule has 19 heavy (non-hydrogen) atoms. The van der Waals surface area contributed by atoms with Crippen LogP contribution in [0.5, 0.6) is 0 Å². The number of rotatable bonds is 7. The molecular weight excluding hydrogens is 252 g/mol. The third-order valence-electron chi connectivity index (χ3n) is 2.51. The Labute approximate surface area is 109 Å². The molecule has 1 rings (SSSR count).